The summed E-state index contributed by atoms with van der Waals surface area (Å²) < 4.78 is 16.6. The van der Waals surface area contributed by atoms with E-state index in [2.05, 4.69) is 20.7 Å². The summed E-state index contributed by atoms with van der Waals surface area (Å²) in [5, 5.41) is 0. The van der Waals surface area contributed by atoms with E-state index in [0.717, 1.165) is 11.1 Å². The molecule has 0 aliphatic rings. The fourth-order valence-corrected chi connectivity index (χ4v) is 2.51. The van der Waals surface area contributed by atoms with Crippen molar-refractivity contribution in [3.05, 3.63) is 64.1 Å². The number of hydrogen-bond donors (Lipinski definition) is 0. The normalized spacial score (nSPS) is 10.6. The molecule has 0 spiro atoms. The Labute approximate surface area is 143 Å². The molecule has 2 rings (SSSR count). The van der Waals surface area contributed by atoms with E-state index < -0.39 is 5.97 Å². The number of methoxy groups -OCH3 is 2. The second-order valence-corrected chi connectivity index (χ2v) is 5.42. The minimum atomic E-state index is -0.417. The number of ether oxygens (including phenoxy) is 3. The second kappa shape index (κ2) is 8.39. The Balaban J connectivity index is 2.25. The van der Waals surface area contributed by atoms with E-state index in [9.17, 15) is 4.79 Å². The first-order valence-corrected chi connectivity index (χ1v) is 7.74. The van der Waals surface area contributed by atoms with E-state index in [1.54, 1.807) is 19.3 Å². The van der Waals surface area contributed by atoms with Crippen LogP contribution in [0.5, 0.6) is 11.5 Å². The van der Waals surface area contributed by atoms with Gasteiger partial charge in [0.15, 0.2) is 11.5 Å². The SMILES string of the molecule is COC(=O)/C=C/c1ccc(OC)c(OCc2ccccc2)c1Br. The highest BCUT2D eigenvalue weighted by Gasteiger charge is 2.13. The van der Waals surface area contributed by atoms with Gasteiger partial charge < -0.3 is 14.2 Å². The van der Waals surface area contributed by atoms with Crippen LogP contribution in [0.15, 0.2) is 53.0 Å². The molecule has 0 unspecified atom stereocenters. The van der Waals surface area contributed by atoms with Crippen molar-refractivity contribution in [1.82, 2.24) is 0 Å². The maximum atomic E-state index is 11.2. The predicted octanol–water partition coefficient (Wildman–Crippen LogP) is 4.22. The van der Waals surface area contributed by atoms with Crippen molar-refractivity contribution in [3.63, 3.8) is 0 Å². The lowest BCUT2D eigenvalue weighted by Crippen LogP contribution is -1.99. The van der Waals surface area contributed by atoms with Crippen molar-refractivity contribution in [2.45, 2.75) is 6.61 Å². The average Bonchev–Trinajstić information content (AvgIpc) is 2.60. The number of halogens is 1. The topological polar surface area (TPSA) is 44.8 Å². The Kier molecular flexibility index (Phi) is 6.23. The lowest BCUT2D eigenvalue weighted by Gasteiger charge is -2.14. The summed E-state index contributed by atoms with van der Waals surface area (Å²) in [5.74, 6) is 0.783. The lowest BCUT2D eigenvalue weighted by molar-refractivity contribution is -0.134. The molecule has 0 aliphatic heterocycles. The Bertz CT molecular complexity index is 696. The van der Waals surface area contributed by atoms with Gasteiger partial charge in [0.1, 0.15) is 6.61 Å². The van der Waals surface area contributed by atoms with Crippen LogP contribution < -0.4 is 9.47 Å². The molecule has 0 saturated heterocycles. The molecule has 0 aliphatic carbocycles. The Morgan fingerprint density at radius 2 is 1.87 bits per heavy atom. The van der Waals surface area contributed by atoms with Crippen LogP contribution in [-0.2, 0) is 16.1 Å². The number of esters is 1. The van der Waals surface area contributed by atoms with Crippen molar-refractivity contribution in [2.75, 3.05) is 14.2 Å². The number of benzene rings is 2. The summed E-state index contributed by atoms with van der Waals surface area (Å²) in [5.41, 5.74) is 1.84. The quantitative estimate of drug-likeness (QED) is 0.559. The van der Waals surface area contributed by atoms with Gasteiger partial charge in [0.2, 0.25) is 0 Å². The van der Waals surface area contributed by atoms with E-state index in [1.165, 1.54) is 13.2 Å². The molecule has 0 saturated carbocycles. The van der Waals surface area contributed by atoms with Gasteiger partial charge in [0.25, 0.3) is 0 Å². The largest absolute Gasteiger partial charge is 0.493 e. The molecule has 0 heterocycles. The third kappa shape index (κ3) is 4.60. The van der Waals surface area contributed by atoms with Gasteiger partial charge in [0.05, 0.1) is 18.7 Å². The van der Waals surface area contributed by atoms with Gasteiger partial charge in [-0.15, -0.1) is 0 Å². The van der Waals surface area contributed by atoms with Crippen LogP contribution in [0.1, 0.15) is 11.1 Å². The molecule has 0 fully saturated rings. The molecule has 0 radical (unpaired) electrons. The van der Waals surface area contributed by atoms with Gasteiger partial charge in [-0.25, -0.2) is 4.79 Å². The summed E-state index contributed by atoms with van der Waals surface area (Å²) >= 11 is 3.51. The standard InChI is InChI=1S/C18H17BrO4/c1-21-15-10-8-14(9-11-16(20)22-2)17(19)18(15)23-12-13-6-4-3-5-7-13/h3-11H,12H2,1-2H3/b11-9+. The van der Waals surface area contributed by atoms with Crippen molar-refractivity contribution in [2.24, 2.45) is 0 Å². The monoisotopic (exact) mass is 376 g/mol. The summed E-state index contributed by atoms with van der Waals surface area (Å²) in [6, 6.07) is 13.5. The summed E-state index contributed by atoms with van der Waals surface area (Å²) in [7, 11) is 2.92. The van der Waals surface area contributed by atoms with Gasteiger partial charge in [-0.3, -0.25) is 0 Å². The maximum absolute atomic E-state index is 11.2. The summed E-state index contributed by atoms with van der Waals surface area (Å²) in [6.07, 6.45) is 3.01. The van der Waals surface area contributed by atoms with Crippen LogP contribution in [-0.4, -0.2) is 20.2 Å². The van der Waals surface area contributed by atoms with Gasteiger partial charge in [-0.05, 0) is 45.3 Å². The van der Waals surface area contributed by atoms with E-state index in [-0.39, 0.29) is 0 Å². The van der Waals surface area contributed by atoms with Crippen LogP contribution in [0.3, 0.4) is 0 Å². The molecular weight excluding hydrogens is 360 g/mol. The zero-order chi connectivity index (χ0) is 16.7. The molecule has 5 heteroatoms. The summed E-state index contributed by atoms with van der Waals surface area (Å²) in [4.78, 5) is 11.2. The van der Waals surface area contributed by atoms with Crippen molar-refractivity contribution in [1.29, 1.82) is 0 Å². The third-order valence-electron chi connectivity index (χ3n) is 3.14. The molecule has 0 aromatic heterocycles. The Morgan fingerprint density at radius 1 is 1.13 bits per heavy atom. The van der Waals surface area contributed by atoms with Crippen LogP contribution in [0.25, 0.3) is 6.08 Å². The molecule has 23 heavy (non-hydrogen) atoms. The van der Waals surface area contributed by atoms with E-state index in [1.807, 2.05) is 36.4 Å². The zero-order valence-electron chi connectivity index (χ0n) is 12.9. The molecule has 120 valence electrons. The zero-order valence-corrected chi connectivity index (χ0v) is 14.5. The van der Waals surface area contributed by atoms with Crippen molar-refractivity contribution in [3.8, 4) is 11.5 Å². The highest BCUT2D eigenvalue weighted by molar-refractivity contribution is 9.10. The lowest BCUT2D eigenvalue weighted by atomic mass is 10.2. The van der Waals surface area contributed by atoms with Gasteiger partial charge in [-0.2, -0.15) is 0 Å². The van der Waals surface area contributed by atoms with E-state index in [0.29, 0.717) is 22.6 Å². The first-order valence-electron chi connectivity index (χ1n) is 6.95. The van der Waals surface area contributed by atoms with Crippen LogP contribution in [0.2, 0.25) is 0 Å². The highest BCUT2D eigenvalue weighted by Crippen LogP contribution is 2.38. The fourth-order valence-electron chi connectivity index (χ4n) is 1.93. The number of rotatable bonds is 6. The first-order chi connectivity index (χ1) is 11.2. The molecule has 0 amide bonds. The number of hydrogen-bond acceptors (Lipinski definition) is 4. The molecule has 2 aromatic carbocycles. The molecular formula is C18H17BrO4. The molecule has 0 atom stereocenters. The van der Waals surface area contributed by atoms with Gasteiger partial charge >= 0.3 is 5.97 Å². The minimum absolute atomic E-state index is 0.417. The predicted molar refractivity (Wildman–Crippen MR) is 92.5 cm³/mol. The van der Waals surface area contributed by atoms with Crippen LogP contribution in [0, 0.1) is 0 Å². The molecule has 0 N–H and O–H groups in total. The van der Waals surface area contributed by atoms with E-state index in [4.69, 9.17) is 9.47 Å². The van der Waals surface area contributed by atoms with Gasteiger partial charge in [-0.1, -0.05) is 30.3 Å². The summed E-state index contributed by atoms with van der Waals surface area (Å²) in [6.45, 7) is 0.417. The highest BCUT2D eigenvalue weighted by atomic mass is 79.9. The van der Waals surface area contributed by atoms with Crippen molar-refractivity contribution < 1.29 is 19.0 Å². The smallest absolute Gasteiger partial charge is 0.330 e. The fraction of sp³-hybridized carbons (Fsp3) is 0.167. The second-order valence-electron chi connectivity index (χ2n) is 4.63. The van der Waals surface area contributed by atoms with Crippen molar-refractivity contribution >= 4 is 28.0 Å². The molecule has 0 bridgehead atoms. The third-order valence-corrected chi connectivity index (χ3v) is 3.95. The van der Waals surface area contributed by atoms with E-state index >= 15 is 0 Å². The minimum Gasteiger partial charge on any atom is -0.493 e. The number of carbonyl (C=O) groups is 1. The van der Waals surface area contributed by atoms with Crippen LogP contribution in [0.4, 0.5) is 0 Å². The maximum Gasteiger partial charge on any atom is 0.330 e. The molecule has 4 nitrogen and oxygen atoms in total. The van der Waals surface area contributed by atoms with Gasteiger partial charge in [0, 0.05) is 6.08 Å². The Hall–Kier alpha value is -2.27. The average molecular weight is 377 g/mol. The number of carbonyl (C=O) groups excluding carboxylic acids is 1. The molecule has 2 aromatic rings. The first kappa shape index (κ1) is 17.1. The Morgan fingerprint density at radius 3 is 2.52 bits per heavy atom. The van der Waals surface area contributed by atoms with Crippen LogP contribution >= 0.6 is 15.9 Å².